The average Bonchev–Trinajstić information content (AvgIpc) is 3.29. The first-order valence-corrected chi connectivity index (χ1v) is 9.13. The molecule has 4 rings (SSSR count). The Balaban J connectivity index is 1.65. The van der Waals surface area contributed by atoms with Gasteiger partial charge >= 0.3 is 6.03 Å². The average molecular weight is 367 g/mol. The van der Waals surface area contributed by atoms with Crippen molar-refractivity contribution in [3.05, 3.63) is 57.9 Å². The molecule has 132 valence electrons. The maximum absolute atomic E-state index is 12.9. The number of aryl methyl sites for hydroxylation is 1. The molecule has 0 aliphatic carbocycles. The van der Waals surface area contributed by atoms with Gasteiger partial charge in [0.25, 0.3) is 5.91 Å². The molecule has 0 radical (unpaired) electrons. The molecule has 0 saturated carbocycles. The van der Waals surface area contributed by atoms with E-state index in [4.69, 9.17) is 0 Å². The molecule has 3 aromatic rings. The molecule has 1 aliphatic heterocycles. The van der Waals surface area contributed by atoms with Crippen LogP contribution in [0.25, 0.3) is 10.9 Å². The minimum atomic E-state index is -1.13. The third-order valence-electron chi connectivity index (χ3n) is 4.85. The molecule has 3 amide bonds. The van der Waals surface area contributed by atoms with E-state index in [1.165, 1.54) is 11.3 Å². The highest BCUT2D eigenvalue weighted by Crippen LogP contribution is 2.31. The predicted octanol–water partition coefficient (Wildman–Crippen LogP) is 3.19. The summed E-state index contributed by atoms with van der Waals surface area (Å²) in [5.74, 6) is -0.676. The minimum Gasteiger partial charge on any atom is -0.358 e. The lowest BCUT2D eigenvalue weighted by Crippen LogP contribution is -2.41. The summed E-state index contributed by atoms with van der Waals surface area (Å²) in [6, 6.07) is 8.74. The van der Waals surface area contributed by atoms with Crippen molar-refractivity contribution in [3.63, 3.8) is 0 Å². The molecular formula is C19H17N3O3S. The second kappa shape index (κ2) is 5.81. The fraction of sp³-hybridized carbons (Fsp3) is 0.211. The van der Waals surface area contributed by atoms with Gasteiger partial charge in [-0.15, -0.1) is 0 Å². The van der Waals surface area contributed by atoms with Crippen LogP contribution in [0.3, 0.4) is 0 Å². The SMILES string of the molecule is Cc1[nH]c2ccccc2c1C(=O)CN1C(=O)NC(C)(c2ccsc2)C1=O. The Morgan fingerprint density at radius 1 is 1.23 bits per heavy atom. The molecule has 1 saturated heterocycles. The number of hydrogen-bond acceptors (Lipinski definition) is 4. The summed E-state index contributed by atoms with van der Waals surface area (Å²) in [6.45, 7) is 3.19. The number of para-hydroxylation sites is 1. The number of H-pyrrole nitrogens is 1. The Labute approximate surface area is 153 Å². The van der Waals surface area contributed by atoms with Crippen molar-refractivity contribution in [3.8, 4) is 0 Å². The number of Topliss-reactive ketones (excluding diaryl/α,β-unsaturated/α-hetero) is 1. The van der Waals surface area contributed by atoms with Crippen molar-refractivity contribution in [1.29, 1.82) is 0 Å². The lowest BCUT2D eigenvalue weighted by atomic mass is 9.95. The summed E-state index contributed by atoms with van der Waals surface area (Å²) in [5, 5.41) is 7.19. The Hall–Kier alpha value is -2.93. The van der Waals surface area contributed by atoms with Crippen LogP contribution in [0.5, 0.6) is 0 Å². The van der Waals surface area contributed by atoms with Crippen LogP contribution < -0.4 is 5.32 Å². The zero-order valence-electron chi connectivity index (χ0n) is 14.3. The second-order valence-corrected chi connectivity index (χ2v) is 7.33. The van der Waals surface area contributed by atoms with E-state index in [0.29, 0.717) is 5.56 Å². The van der Waals surface area contributed by atoms with Gasteiger partial charge in [0, 0.05) is 22.2 Å². The van der Waals surface area contributed by atoms with Crippen LogP contribution in [0.4, 0.5) is 4.79 Å². The van der Waals surface area contributed by atoms with Crippen LogP contribution in [0, 0.1) is 6.92 Å². The van der Waals surface area contributed by atoms with E-state index in [1.807, 2.05) is 41.9 Å². The molecule has 1 aliphatic rings. The van der Waals surface area contributed by atoms with Crippen LogP contribution in [-0.2, 0) is 10.3 Å². The molecule has 1 unspecified atom stereocenters. The molecule has 0 spiro atoms. The fourth-order valence-corrected chi connectivity index (χ4v) is 4.21. The minimum absolute atomic E-state index is 0.266. The summed E-state index contributed by atoms with van der Waals surface area (Å²) in [7, 11) is 0. The molecule has 2 N–H and O–H groups in total. The number of nitrogens with one attached hydrogen (secondary N) is 2. The first kappa shape index (κ1) is 16.5. The van der Waals surface area contributed by atoms with E-state index >= 15 is 0 Å². The van der Waals surface area contributed by atoms with Gasteiger partial charge in [-0.05, 0) is 42.3 Å². The van der Waals surface area contributed by atoms with Crippen LogP contribution in [0.15, 0.2) is 41.1 Å². The van der Waals surface area contributed by atoms with Gasteiger partial charge in [0.05, 0.1) is 6.54 Å². The van der Waals surface area contributed by atoms with Crippen LogP contribution >= 0.6 is 11.3 Å². The predicted molar refractivity (Wildman–Crippen MR) is 99.3 cm³/mol. The third kappa shape index (κ3) is 2.35. The molecular weight excluding hydrogens is 350 g/mol. The second-order valence-electron chi connectivity index (χ2n) is 6.55. The van der Waals surface area contributed by atoms with Crippen LogP contribution in [-0.4, -0.2) is 34.2 Å². The summed E-state index contributed by atoms with van der Waals surface area (Å²) < 4.78 is 0. The molecule has 1 atom stereocenters. The number of hydrogen-bond donors (Lipinski definition) is 2. The highest BCUT2D eigenvalue weighted by atomic mass is 32.1. The van der Waals surface area contributed by atoms with Crippen molar-refractivity contribution in [2.45, 2.75) is 19.4 Å². The molecule has 0 bridgehead atoms. The zero-order chi connectivity index (χ0) is 18.5. The molecule has 26 heavy (non-hydrogen) atoms. The fourth-order valence-electron chi connectivity index (χ4n) is 3.44. The van der Waals surface area contributed by atoms with Gasteiger partial charge in [0.1, 0.15) is 5.54 Å². The topological polar surface area (TPSA) is 82.3 Å². The maximum atomic E-state index is 12.9. The maximum Gasteiger partial charge on any atom is 0.325 e. The highest BCUT2D eigenvalue weighted by molar-refractivity contribution is 7.08. The number of benzene rings is 1. The summed E-state index contributed by atoms with van der Waals surface area (Å²) >= 11 is 1.45. The Morgan fingerprint density at radius 3 is 2.73 bits per heavy atom. The molecule has 1 fully saturated rings. The number of urea groups is 1. The molecule has 6 nitrogen and oxygen atoms in total. The van der Waals surface area contributed by atoms with Crippen molar-refractivity contribution >= 4 is 40.0 Å². The van der Waals surface area contributed by atoms with Crippen molar-refractivity contribution in [2.75, 3.05) is 6.54 Å². The Kier molecular flexibility index (Phi) is 3.69. The van der Waals surface area contributed by atoms with Crippen molar-refractivity contribution < 1.29 is 14.4 Å². The monoisotopic (exact) mass is 367 g/mol. The summed E-state index contributed by atoms with van der Waals surface area (Å²) in [4.78, 5) is 42.3. The van der Waals surface area contributed by atoms with Gasteiger partial charge in [0.15, 0.2) is 5.78 Å². The molecule has 1 aromatic carbocycles. The van der Waals surface area contributed by atoms with E-state index in [-0.39, 0.29) is 12.3 Å². The number of carbonyl (C=O) groups is 3. The van der Waals surface area contributed by atoms with Gasteiger partial charge in [0.2, 0.25) is 0 Å². The van der Waals surface area contributed by atoms with E-state index in [9.17, 15) is 14.4 Å². The lowest BCUT2D eigenvalue weighted by Gasteiger charge is -2.20. The van der Waals surface area contributed by atoms with Gasteiger partial charge in [-0.1, -0.05) is 18.2 Å². The number of imide groups is 1. The van der Waals surface area contributed by atoms with E-state index in [2.05, 4.69) is 10.3 Å². The first-order chi connectivity index (χ1) is 12.4. The molecule has 2 aromatic heterocycles. The largest absolute Gasteiger partial charge is 0.358 e. The Bertz CT molecular complexity index is 1040. The number of aromatic nitrogens is 1. The molecule has 7 heteroatoms. The number of aromatic amines is 1. The summed E-state index contributed by atoms with van der Waals surface area (Å²) in [6.07, 6.45) is 0. The normalized spacial score (nSPS) is 20.0. The zero-order valence-corrected chi connectivity index (χ0v) is 15.1. The van der Waals surface area contributed by atoms with Gasteiger partial charge in [-0.3, -0.25) is 14.5 Å². The number of amides is 3. The number of rotatable bonds is 4. The smallest absolute Gasteiger partial charge is 0.325 e. The van der Waals surface area contributed by atoms with E-state index in [0.717, 1.165) is 27.1 Å². The van der Waals surface area contributed by atoms with Crippen molar-refractivity contribution in [2.24, 2.45) is 0 Å². The van der Waals surface area contributed by atoms with Gasteiger partial charge in [-0.2, -0.15) is 11.3 Å². The van der Waals surface area contributed by atoms with Crippen molar-refractivity contribution in [1.82, 2.24) is 15.2 Å². The number of thiophene rings is 1. The van der Waals surface area contributed by atoms with Crippen LogP contribution in [0.2, 0.25) is 0 Å². The lowest BCUT2D eigenvalue weighted by molar-refractivity contribution is -0.130. The standard InChI is InChI=1S/C19H17N3O3S/c1-11-16(13-5-3-4-6-14(13)20-11)15(23)9-22-17(24)19(2,21-18(22)25)12-7-8-26-10-12/h3-8,10,20H,9H2,1-2H3,(H,21,25). The summed E-state index contributed by atoms with van der Waals surface area (Å²) in [5.41, 5.74) is 1.69. The molecule has 3 heterocycles. The quantitative estimate of drug-likeness (QED) is 0.549. The number of ketones is 1. The first-order valence-electron chi connectivity index (χ1n) is 8.19. The highest BCUT2D eigenvalue weighted by Gasteiger charge is 2.49. The van der Waals surface area contributed by atoms with E-state index < -0.39 is 17.5 Å². The van der Waals surface area contributed by atoms with Crippen LogP contribution in [0.1, 0.15) is 28.5 Å². The number of nitrogens with zero attached hydrogens (tertiary/aromatic N) is 1. The van der Waals surface area contributed by atoms with Gasteiger partial charge < -0.3 is 10.3 Å². The number of fused-ring (bicyclic) bond motifs is 1. The number of carbonyl (C=O) groups excluding carboxylic acids is 3. The van der Waals surface area contributed by atoms with Gasteiger partial charge in [-0.25, -0.2) is 4.79 Å². The van der Waals surface area contributed by atoms with E-state index in [1.54, 1.807) is 13.0 Å². The Morgan fingerprint density at radius 2 is 2.00 bits per heavy atom. The third-order valence-corrected chi connectivity index (χ3v) is 5.53.